The van der Waals surface area contributed by atoms with Crippen LogP contribution in [0.25, 0.3) is 0 Å². The van der Waals surface area contributed by atoms with Crippen molar-refractivity contribution in [2.75, 3.05) is 19.6 Å². The van der Waals surface area contributed by atoms with Crippen molar-refractivity contribution >= 4 is 18.0 Å². The Bertz CT molecular complexity index is 422. The molecule has 4 amide bonds. The van der Waals surface area contributed by atoms with E-state index in [9.17, 15) is 14.4 Å². The second kappa shape index (κ2) is 5.91. The van der Waals surface area contributed by atoms with Crippen LogP contribution < -0.4 is 5.32 Å². The Hall–Kier alpha value is -1.79. The molecule has 0 aliphatic carbocycles. The molecule has 1 atom stereocenters. The minimum absolute atomic E-state index is 0.102. The maximum atomic E-state index is 12.1. The van der Waals surface area contributed by atoms with Crippen LogP contribution in [0.5, 0.6) is 0 Å². The zero-order valence-corrected chi connectivity index (χ0v) is 12.8. The molecular formula is C14H23N3O4. The van der Waals surface area contributed by atoms with Crippen LogP contribution in [0.1, 0.15) is 40.0 Å². The Kier molecular flexibility index (Phi) is 4.39. The van der Waals surface area contributed by atoms with Crippen molar-refractivity contribution in [2.24, 2.45) is 0 Å². The van der Waals surface area contributed by atoms with Crippen LogP contribution in [0.4, 0.5) is 9.59 Å². The highest BCUT2D eigenvalue weighted by Gasteiger charge is 2.46. The molecule has 0 spiro atoms. The minimum Gasteiger partial charge on any atom is -0.444 e. The highest BCUT2D eigenvalue weighted by atomic mass is 16.6. The van der Waals surface area contributed by atoms with Crippen LogP contribution in [0.3, 0.4) is 0 Å². The van der Waals surface area contributed by atoms with Crippen molar-refractivity contribution < 1.29 is 19.1 Å². The first-order valence-electron chi connectivity index (χ1n) is 7.38. The van der Waals surface area contributed by atoms with Gasteiger partial charge >= 0.3 is 12.1 Å². The Morgan fingerprint density at radius 1 is 1.38 bits per heavy atom. The zero-order chi connectivity index (χ0) is 15.6. The number of alkyl carbamates (subject to hydrolysis) is 1. The SMILES string of the molecule is CC(C)(C)OC(=O)NCCCN1C(=O)[C@@H]2CCCN2C1=O. The molecule has 7 heteroatoms. The molecule has 0 aromatic heterocycles. The van der Waals surface area contributed by atoms with E-state index in [4.69, 9.17) is 4.74 Å². The fourth-order valence-corrected chi connectivity index (χ4v) is 2.63. The molecule has 21 heavy (non-hydrogen) atoms. The van der Waals surface area contributed by atoms with Gasteiger partial charge in [-0.2, -0.15) is 0 Å². The quantitative estimate of drug-likeness (QED) is 0.627. The fourth-order valence-electron chi connectivity index (χ4n) is 2.63. The predicted molar refractivity (Wildman–Crippen MR) is 75.7 cm³/mol. The summed E-state index contributed by atoms with van der Waals surface area (Å²) < 4.78 is 5.11. The first kappa shape index (κ1) is 15.6. The van der Waals surface area contributed by atoms with Crippen molar-refractivity contribution in [1.29, 1.82) is 0 Å². The van der Waals surface area contributed by atoms with Gasteiger partial charge in [0.05, 0.1) is 0 Å². The average Bonchev–Trinajstić information content (AvgIpc) is 2.91. The molecule has 0 aromatic rings. The minimum atomic E-state index is -0.532. The summed E-state index contributed by atoms with van der Waals surface area (Å²) in [5.41, 5.74) is -0.532. The average molecular weight is 297 g/mol. The second-order valence-electron chi connectivity index (χ2n) is 6.41. The van der Waals surface area contributed by atoms with E-state index in [1.165, 1.54) is 4.90 Å². The van der Waals surface area contributed by atoms with Crippen molar-refractivity contribution in [3.05, 3.63) is 0 Å². The molecule has 0 saturated carbocycles. The Labute approximate surface area is 124 Å². The Balaban J connectivity index is 1.71. The van der Waals surface area contributed by atoms with Gasteiger partial charge in [-0.25, -0.2) is 9.59 Å². The van der Waals surface area contributed by atoms with E-state index in [0.717, 1.165) is 12.8 Å². The summed E-state index contributed by atoms with van der Waals surface area (Å²) in [6.45, 7) is 6.75. The smallest absolute Gasteiger partial charge is 0.407 e. The maximum Gasteiger partial charge on any atom is 0.407 e. The third-order valence-electron chi connectivity index (χ3n) is 3.51. The van der Waals surface area contributed by atoms with Gasteiger partial charge in [-0.1, -0.05) is 0 Å². The molecule has 2 fully saturated rings. The molecule has 2 aliphatic rings. The standard InChI is InChI=1S/C14H23N3O4/c1-14(2,3)21-12(19)15-7-5-9-17-11(18)10-6-4-8-16(10)13(17)20/h10H,4-9H2,1-3H3,(H,15,19)/t10-/m0/s1. The van der Waals surface area contributed by atoms with Gasteiger partial charge in [0.15, 0.2) is 0 Å². The number of nitrogens with one attached hydrogen (secondary N) is 1. The third-order valence-corrected chi connectivity index (χ3v) is 3.51. The normalized spacial score (nSPS) is 21.8. The van der Waals surface area contributed by atoms with E-state index >= 15 is 0 Å². The summed E-state index contributed by atoms with van der Waals surface area (Å²) in [4.78, 5) is 38.5. The number of rotatable bonds is 4. The molecule has 2 aliphatic heterocycles. The van der Waals surface area contributed by atoms with Crippen LogP contribution in [-0.2, 0) is 9.53 Å². The monoisotopic (exact) mass is 297 g/mol. The number of carbonyl (C=O) groups is 3. The number of imide groups is 1. The van der Waals surface area contributed by atoms with Crippen molar-refractivity contribution in [1.82, 2.24) is 15.1 Å². The number of ether oxygens (including phenoxy) is 1. The van der Waals surface area contributed by atoms with E-state index in [0.29, 0.717) is 26.1 Å². The van der Waals surface area contributed by atoms with E-state index < -0.39 is 11.7 Å². The van der Waals surface area contributed by atoms with Gasteiger partial charge in [0.1, 0.15) is 11.6 Å². The molecule has 7 nitrogen and oxygen atoms in total. The summed E-state index contributed by atoms with van der Waals surface area (Å²) in [6.07, 6.45) is 1.70. The van der Waals surface area contributed by atoms with Gasteiger partial charge in [0.25, 0.3) is 5.91 Å². The van der Waals surface area contributed by atoms with Crippen molar-refractivity contribution in [3.8, 4) is 0 Å². The van der Waals surface area contributed by atoms with E-state index in [2.05, 4.69) is 5.32 Å². The molecule has 0 bridgehead atoms. The molecule has 2 heterocycles. The summed E-state index contributed by atoms with van der Waals surface area (Å²) in [5.74, 6) is -0.102. The lowest BCUT2D eigenvalue weighted by molar-refractivity contribution is -0.128. The number of urea groups is 1. The van der Waals surface area contributed by atoms with Crippen molar-refractivity contribution in [2.45, 2.75) is 51.7 Å². The molecule has 2 saturated heterocycles. The first-order chi connectivity index (χ1) is 9.79. The molecular weight excluding hydrogens is 274 g/mol. The number of amides is 4. The fraction of sp³-hybridized carbons (Fsp3) is 0.786. The van der Waals surface area contributed by atoms with Gasteiger partial charge < -0.3 is 15.0 Å². The number of hydrogen-bond donors (Lipinski definition) is 1. The third kappa shape index (κ3) is 3.65. The lowest BCUT2D eigenvalue weighted by atomic mass is 10.2. The number of nitrogens with zero attached hydrogens (tertiary/aromatic N) is 2. The lowest BCUT2D eigenvalue weighted by Gasteiger charge is -2.20. The first-order valence-corrected chi connectivity index (χ1v) is 7.38. The van der Waals surface area contributed by atoms with E-state index in [1.807, 2.05) is 0 Å². The summed E-state index contributed by atoms with van der Waals surface area (Å²) >= 11 is 0. The largest absolute Gasteiger partial charge is 0.444 e. The molecule has 2 rings (SSSR count). The lowest BCUT2D eigenvalue weighted by Crippen LogP contribution is -2.37. The highest BCUT2D eigenvalue weighted by Crippen LogP contribution is 2.27. The van der Waals surface area contributed by atoms with Crippen LogP contribution in [0.2, 0.25) is 0 Å². The number of fused-ring (bicyclic) bond motifs is 1. The summed E-state index contributed by atoms with van der Waals surface area (Å²) in [6, 6.07) is -0.448. The summed E-state index contributed by atoms with van der Waals surface area (Å²) in [7, 11) is 0. The van der Waals surface area contributed by atoms with Crippen LogP contribution >= 0.6 is 0 Å². The highest BCUT2D eigenvalue weighted by molar-refractivity contribution is 6.04. The maximum absolute atomic E-state index is 12.1. The van der Waals surface area contributed by atoms with Gasteiger partial charge in [-0.05, 0) is 40.0 Å². The Morgan fingerprint density at radius 3 is 2.71 bits per heavy atom. The number of hydrogen-bond acceptors (Lipinski definition) is 4. The topological polar surface area (TPSA) is 79.0 Å². The van der Waals surface area contributed by atoms with Crippen LogP contribution in [-0.4, -0.2) is 59.1 Å². The second-order valence-corrected chi connectivity index (χ2v) is 6.41. The van der Waals surface area contributed by atoms with Crippen molar-refractivity contribution in [3.63, 3.8) is 0 Å². The van der Waals surface area contributed by atoms with Crippen LogP contribution in [0, 0.1) is 0 Å². The van der Waals surface area contributed by atoms with Gasteiger partial charge in [-0.3, -0.25) is 9.69 Å². The summed E-state index contributed by atoms with van der Waals surface area (Å²) in [5, 5.41) is 2.62. The molecule has 0 aromatic carbocycles. The molecule has 118 valence electrons. The van der Waals surface area contributed by atoms with Crippen LogP contribution in [0.15, 0.2) is 0 Å². The van der Waals surface area contributed by atoms with E-state index in [-0.39, 0.29) is 18.0 Å². The van der Waals surface area contributed by atoms with E-state index in [1.54, 1.807) is 25.7 Å². The molecule has 1 N–H and O–H groups in total. The van der Waals surface area contributed by atoms with Gasteiger partial charge in [0.2, 0.25) is 0 Å². The zero-order valence-electron chi connectivity index (χ0n) is 12.8. The number of carbonyl (C=O) groups excluding carboxylic acids is 3. The Morgan fingerprint density at radius 2 is 2.10 bits per heavy atom. The predicted octanol–water partition coefficient (Wildman–Crippen LogP) is 1.33. The molecule has 0 radical (unpaired) electrons. The van der Waals surface area contributed by atoms with Gasteiger partial charge in [0, 0.05) is 19.6 Å². The van der Waals surface area contributed by atoms with Gasteiger partial charge in [-0.15, -0.1) is 0 Å². The molecule has 0 unspecified atom stereocenters.